The van der Waals surface area contributed by atoms with Gasteiger partial charge in [-0.1, -0.05) is 22.0 Å². The summed E-state index contributed by atoms with van der Waals surface area (Å²) in [7, 11) is 2.82. The van der Waals surface area contributed by atoms with Crippen LogP contribution in [0.2, 0.25) is 0 Å². The van der Waals surface area contributed by atoms with Gasteiger partial charge in [0.1, 0.15) is 17.1 Å². The number of ether oxygens (including phenoxy) is 3. The van der Waals surface area contributed by atoms with Crippen LogP contribution >= 0.6 is 15.9 Å². The molecule has 3 amide bonds. The zero-order valence-electron chi connectivity index (χ0n) is 19.8. The van der Waals surface area contributed by atoms with Crippen LogP contribution in [0.4, 0.5) is 5.69 Å². The third-order valence-corrected chi connectivity index (χ3v) is 6.55. The summed E-state index contributed by atoms with van der Waals surface area (Å²) in [5, 5.41) is 3.76. The Bertz CT molecular complexity index is 1150. The van der Waals surface area contributed by atoms with E-state index in [1.165, 1.54) is 14.2 Å². The number of nitrogens with zero attached hydrogens (tertiary/aromatic N) is 1. The van der Waals surface area contributed by atoms with Crippen LogP contribution in [0.15, 0.2) is 34.8 Å². The molecule has 10 nitrogen and oxygen atoms in total. The molecule has 2 aromatic carbocycles. The van der Waals surface area contributed by atoms with E-state index in [9.17, 15) is 19.2 Å². The first-order valence-corrected chi connectivity index (χ1v) is 11.5. The Morgan fingerprint density at radius 2 is 1.71 bits per heavy atom. The lowest BCUT2D eigenvalue weighted by molar-refractivity contribution is -0.151. The molecule has 1 aliphatic rings. The smallest absolute Gasteiger partial charge is 0.311 e. The first-order valence-electron chi connectivity index (χ1n) is 10.7. The number of hydrogen-bond acceptors (Lipinski definition) is 7. The van der Waals surface area contributed by atoms with Gasteiger partial charge in [-0.25, -0.2) is 0 Å². The van der Waals surface area contributed by atoms with Gasteiger partial charge < -0.3 is 19.5 Å². The number of anilines is 1. The molecule has 11 heteroatoms. The molecule has 0 aliphatic carbocycles. The number of carbonyl (C=O) groups is 4. The van der Waals surface area contributed by atoms with Crippen molar-refractivity contribution in [2.45, 2.75) is 20.3 Å². The molecule has 1 aliphatic heterocycles. The largest absolute Gasteiger partial charge is 0.496 e. The maximum absolute atomic E-state index is 12.8. The fraction of sp³-hybridized carbons (Fsp3) is 0.333. The number of hydrazine groups is 1. The van der Waals surface area contributed by atoms with E-state index in [0.717, 1.165) is 20.6 Å². The van der Waals surface area contributed by atoms with Gasteiger partial charge in [-0.15, -0.1) is 0 Å². The van der Waals surface area contributed by atoms with Crippen LogP contribution in [-0.4, -0.2) is 56.1 Å². The van der Waals surface area contributed by atoms with Crippen molar-refractivity contribution in [3.63, 3.8) is 0 Å². The molecule has 186 valence electrons. The molecule has 2 N–H and O–H groups in total. The highest BCUT2D eigenvalue weighted by atomic mass is 79.9. The number of amides is 3. The van der Waals surface area contributed by atoms with Crippen LogP contribution in [0.3, 0.4) is 0 Å². The predicted octanol–water partition coefficient (Wildman–Crippen LogP) is 2.76. The number of methoxy groups -OCH3 is 2. The summed E-state index contributed by atoms with van der Waals surface area (Å²) >= 11 is 3.43. The molecule has 0 unspecified atom stereocenters. The van der Waals surface area contributed by atoms with Gasteiger partial charge in [0, 0.05) is 16.6 Å². The van der Waals surface area contributed by atoms with Crippen LogP contribution in [0.25, 0.3) is 0 Å². The second-order valence-corrected chi connectivity index (χ2v) is 8.74. The summed E-state index contributed by atoms with van der Waals surface area (Å²) in [6, 6.07) is 8.41. The van der Waals surface area contributed by atoms with Crippen molar-refractivity contribution in [1.82, 2.24) is 10.4 Å². The standard InChI is InChI=1S/C24H26BrN3O7/c1-13-14(2)17(9-8-16(13)25)26-20(29)12-35-24(32)15-10-21(30)28(11-15)27-23(31)22-18(33-3)6-5-7-19(22)34-4/h5-9,15H,10-12H2,1-4H3,(H,26,29)(H,27,31)/t15-/m0/s1. The molecule has 1 fully saturated rings. The molecular weight excluding hydrogens is 522 g/mol. The molecule has 0 spiro atoms. The van der Waals surface area contributed by atoms with E-state index in [1.807, 2.05) is 19.9 Å². The van der Waals surface area contributed by atoms with Crippen LogP contribution in [-0.2, 0) is 19.1 Å². The Kier molecular flexibility index (Phi) is 8.34. The van der Waals surface area contributed by atoms with Crippen LogP contribution < -0.4 is 20.2 Å². The second-order valence-electron chi connectivity index (χ2n) is 7.88. The number of rotatable bonds is 8. The fourth-order valence-electron chi connectivity index (χ4n) is 3.59. The van der Waals surface area contributed by atoms with Crippen molar-refractivity contribution in [2.75, 3.05) is 32.7 Å². The van der Waals surface area contributed by atoms with E-state index in [0.29, 0.717) is 5.69 Å². The molecular formula is C24H26BrN3O7. The Morgan fingerprint density at radius 1 is 1.06 bits per heavy atom. The normalized spacial score (nSPS) is 14.9. The lowest BCUT2D eigenvalue weighted by Crippen LogP contribution is -2.43. The molecule has 0 saturated carbocycles. The molecule has 35 heavy (non-hydrogen) atoms. The maximum atomic E-state index is 12.8. The average molecular weight is 548 g/mol. The van der Waals surface area contributed by atoms with Crippen molar-refractivity contribution < 1.29 is 33.4 Å². The zero-order valence-corrected chi connectivity index (χ0v) is 21.4. The number of halogens is 1. The van der Waals surface area contributed by atoms with E-state index in [2.05, 4.69) is 26.7 Å². The first-order chi connectivity index (χ1) is 16.7. The fourth-order valence-corrected chi connectivity index (χ4v) is 4.02. The van der Waals surface area contributed by atoms with Gasteiger partial charge in [-0.05, 0) is 49.2 Å². The van der Waals surface area contributed by atoms with E-state index in [4.69, 9.17) is 14.2 Å². The molecule has 1 saturated heterocycles. The predicted molar refractivity (Wildman–Crippen MR) is 130 cm³/mol. The molecule has 1 heterocycles. The van der Waals surface area contributed by atoms with Crippen molar-refractivity contribution >= 4 is 45.3 Å². The summed E-state index contributed by atoms with van der Waals surface area (Å²) in [6.45, 7) is 3.20. The van der Waals surface area contributed by atoms with Crippen molar-refractivity contribution in [2.24, 2.45) is 5.92 Å². The highest BCUT2D eigenvalue weighted by molar-refractivity contribution is 9.10. The van der Waals surface area contributed by atoms with E-state index in [-0.39, 0.29) is 30.0 Å². The summed E-state index contributed by atoms with van der Waals surface area (Å²) in [5.74, 6) is -2.57. The third-order valence-electron chi connectivity index (χ3n) is 5.69. The number of benzene rings is 2. The number of carbonyl (C=O) groups excluding carboxylic acids is 4. The molecule has 2 aromatic rings. The van der Waals surface area contributed by atoms with E-state index >= 15 is 0 Å². The monoisotopic (exact) mass is 547 g/mol. The Labute approximate surface area is 211 Å². The third kappa shape index (κ3) is 5.91. The molecule has 0 aromatic heterocycles. The minimum atomic E-state index is -0.827. The van der Waals surface area contributed by atoms with Gasteiger partial charge in [0.25, 0.3) is 11.8 Å². The van der Waals surface area contributed by atoms with Gasteiger partial charge in [0.15, 0.2) is 6.61 Å². The summed E-state index contributed by atoms with van der Waals surface area (Å²) in [4.78, 5) is 50.0. The maximum Gasteiger partial charge on any atom is 0.311 e. The second kappa shape index (κ2) is 11.2. The first kappa shape index (κ1) is 26.0. The Balaban J connectivity index is 1.56. The molecule has 1 atom stereocenters. The van der Waals surface area contributed by atoms with Gasteiger partial charge in [0.2, 0.25) is 5.91 Å². The van der Waals surface area contributed by atoms with Crippen molar-refractivity contribution in [3.8, 4) is 11.5 Å². The van der Waals surface area contributed by atoms with E-state index in [1.54, 1.807) is 24.3 Å². The summed E-state index contributed by atoms with van der Waals surface area (Å²) in [5.41, 5.74) is 5.09. The van der Waals surface area contributed by atoms with Crippen LogP contribution in [0, 0.1) is 19.8 Å². The van der Waals surface area contributed by atoms with Gasteiger partial charge in [-0.2, -0.15) is 0 Å². The minimum absolute atomic E-state index is 0.0898. The lowest BCUT2D eigenvalue weighted by atomic mass is 10.1. The van der Waals surface area contributed by atoms with E-state index < -0.39 is 36.2 Å². The van der Waals surface area contributed by atoms with Crippen molar-refractivity contribution in [3.05, 3.63) is 51.5 Å². The highest BCUT2D eigenvalue weighted by Gasteiger charge is 2.37. The van der Waals surface area contributed by atoms with Gasteiger partial charge in [0.05, 0.1) is 26.7 Å². The number of nitrogens with one attached hydrogen (secondary N) is 2. The molecule has 0 radical (unpaired) electrons. The Morgan fingerprint density at radius 3 is 2.34 bits per heavy atom. The van der Waals surface area contributed by atoms with Crippen molar-refractivity contribution in [1.29, 1.82) is 0 Å². The van der Waals surface area contributed by atoms with Gasteiger partial charge >= 0.3 is 5.97 Å². The van der Waals surface area contributed by atoms with Crippen LogP contribution in [0.5, 0.6) is 11.5 Å². The SMILES string of the molecule is COc1cccc(OC)c1C(=O)NN1C[C@@H](C(=O)OCC(=O)Nc2ccc(Br)c(C)c2C)CC1=O. The summed E-state index contributed by atoms with van der Waals surface area (Å²) in [6.07, 6.45) is -0.158. The lowest BCUT2D eigenvalue weighted by Gasteiger charge is -2.19. The molecule has 3 rings (SSSR count). The highest BCUT2D eigenvalue weighted by Crippen LogP contribution is 2.29. The average Bonchev–Trinajstić information content (AvgIpc) is 3.22. The quantitative estimate of drug-likeness (QED) is 0.487. The zero-order chi connectivity index (χ0) is 25.7. The van der Waals surface area contributed by atoms with Gasteiger partial charge in [-0.3, -0.25) is 29.6 Å². The topological polar surface area (TPSA) is 123 Å². The van der Waals surface area contributed by atoms with Crippen LogP contribution in [0.1, 0.15) is 27.9 Å². The molecule has 0 bridgehead atoms. The number of esters is 1. The Hall–Kier alpha value is -3.60. The summed E-state index contributed by atoms with van der Waals surface area (Å²) < 4.78 is 16.5. The minimum Gasteiger partial charge on any atom is -0.496 e. The number of hydrogen-bond donors (Lipinski definition) is 2.